The summed E-state index contributed by atoms with van der Waals surface area (Å²) in [5.41, 5.74) is 3.03. The van der Waals surface area contributed by atoms with Crippen LogP contribution in [0.25, 0.3) is 0 Å². The third kappa shape index (κ3) is 3.19. The van der Waals surface area contributed by atoms with Gasteiger partial charge in [0, 0.05) is 11.1 Å². The second-order valence-electron chi connectivity index (χ2n) is 5.49. The zero-order valence-corrected chi connectivity index (χ0v) is 12.7. The number of nitrogens with zero attached hydrogens (tertiary/aromatic N) is 1. The molecule has 0 spiro atoms. The molecule has 110 valence electrons. The van der Waals surface area contributed by atoms with Gasteiger partial charge in [-0.1, -0.05) is 13.8 Å². The molecular formula is C14H19NO4S. The molecule has 1 N–H and O–H groups in total. The van der Waals surface area contributed by atoms with E-state index in [2.05, 4.69) is 18.8 Å². The number of fused-ring (bicyclic) bond motifs is 1. The number of hydrogen-bond acceptors (Lipinski definition) is 4. The highest BCUT2D eigenvalue weighted by molar-refractivity contribution is 7.85. The number of rotatable bonds is 5. The molecule has 1 aliphatic rings. The van der Waals surface area contributed by atoms with E-state index in [1.807, 2.05) is 25.1 Å². The van der Waals surface area contributed by atoms with Gasteiger partial charge in [0.1, 0.15) is 5.75 Å². The minimum Gasteiger partial charge on any atom is -0.494 e. The summed E-state index contributed by atoms with van der Waals surface area (Å²) in [6.07, 6.45) is 0.259. The Hall–Kier alpha value is -1.40. The van der Waals surface area contributed by atoms with Gasteiger partial charge in [0.2, 0.25) is 0 Å². The van der Waals surface area contributed by atoms with Crippen molar-refractivity contribution in [3.63, 3.8) is 0 Å². The third-order valence-electron chi connectivity index (χ3n) is 3.65. The molecule has 0 saturated carbocycles. The van der Waals surface area contributed by atoms with Crippen molar-refractivity contribution in [2.24, 2.45) is 4.99 Å². The fraction of sp³-hybridized carbons (Fsp3) is 0.500. The van der Waals surface area contributed by atoms with Crippen LogP contribution in [-0.4, -0.2) is 31.0 Å². The average Bonchev–Trinajstić information content (AvgIpc) is 2.55. The van der Waals surface area contributed by atoms with Crippen molar-refractivity contribution < 1.29 is 17.7 Å². The van der Waals surface area contributed by atoms with Crippen LogP contribution in [0.3, 0.4) is 0 Å². The van der Waals surface area contributed by atoms with Crippen LogP contribution in [0.2, 0.25) is 0 Å². The Labute approximate surface area is 119 Å². The van der Waals surface area contributed by atoms with Crippen LogP contribution in [0, 0.1) is 0 Å². The standard InChI is InChI=1S/C14H19NO4S/c1-10-14(2,3)12-9-11(5-6-13(12)15-10)19-7-4-8-20(16,17)18/h5-6,9H,4,7-8H2,1-3H3,(H,16,17,18). The van der Waals surface area contributed by atoms with Gasteiger partial charge in [-0.15, -0.1) is 0 Å². The maximum atomic E-state index is 10.6. The Kier molecular flexibility index (Phi) is 3.88. The number of aliphatic imine (C=N–C) groups is 1. The molecular weight excluding hydrogens is 278 g/mol. The Bertz CT molecular complexity index is 647. The first kappa shape index (κ1) is 15.0. The van der Waals surface area contributed by atoms with Crippen LogP contribution in [-0.2, 0) is 15.5 Å². The zero-order chi connectivity index (χ0) is 15.0. The molecule has 0 saturated heterocycles. The topological polar surface area (TPSA) is 76.0 Å². The van der Waals surface area contributed by atoms with Gasteiger partial charge in [0.15, 0.2) is 0 Å². The summed E-state index contributed by atoms with van der Waals surface area (Å²) >= 11 is 0. The van der Waals surface area contributed by atoms with E-state index in [-0.39, 0.29) is 24.2 Å². The van der Waals surface area contributed by atoms with E-state index in [1.54, 1.807) is 0 Å². The molecule has 0 fully saturated rings. The van der Waals surface area contributed by atoms with E-state index in [0.717, 1.165) is 17.0 Å². The summed E-state index contributed by atoms with van der Waals surface area (Å²) in [5, 5.41) is 0. The Morgan fingerprint density at radius 2 is 2.05 bits per heavy atom. The van der Waals surface area contributed by atoms with E-state index < -0.39 is 10.1 Å². The molecule has 0 atom stereocenters. The quantitative estimate of drug-likeness (QED) is 0.669. The van der Waals surface area contributed by atoms with Gasteiger partial charge in [-0.3, -0.25) is 9.55 Å². The first-order valence-corrected chi connectivity index (χ1v) is 8.09. The van der Waals surface area contributed by atoms with Crippen molar-refractivity contribution in [1.82, 2.24) is 0 Å². The van der Waals surface area contributed by atoms with E-state index >= 15 is 0 Å². The molecule has 1 heterocycles. The lowest BCUT2D eigenvalue weighted by Crippen LogP contribution is -2.22. The summed E-state index contributed by atoms with van der Waals surface area (Å²) < 4.78 is 35.4. The van der Waals surface area contributed by atoms with Crippen molar-refractivity contribution in [1.29, 1.82) is 0 Å². The van der Waals surface area contributed by atoms with Gasteiger partial charge in [-0.25, -0.2) is 0 Å². The maximum absolute atomic E-state index is 10.6. The molecule has 0 aromatic heterocycles. The summed E-state index contributed by atoms with van der Waals surface area (Å²) in [6, 6.07) is 5.68. The first-order valence-electron chi connectivity index (χ1n) is 6.48. The van der Waals surface area contributed by atoms with E-state index in [9.17, 15) is 8.42 Å². The molecule has 1 aromatic carbocycles. The van der Waals surface area contributed by atoms with Crippen molar-refractivity contribution >= 4 is 21.5 Å². The third-order valence-corrected chi connectivity index (χ3v) is 4.45. The minimum absolute atomic E-state index is 0.108. The van der Waals surface area contributed by atoms with Gasteiger partial charge >= 0.3 is 0 Å². The highest BCUT2D eigenvalue weighted by Crippen LogP contribution is 2.41. The number of benzene rings is 1. The van der Waals surface area contributed by atoms with Gasteiger partial charge in [0.25, 0.3) is 10.1 Å². The fourth-order valence-electron chi connectivity index (χ4n) is 2.15. The van der Waals surface area contributed by atoms with Gasteiger partial charge < -0.3 is 4.74 Å². The largest absolute Gasteiger partial charge is 0.494 e. The zero-order valence-electron chi connectivity index (χ0n) is 11.9. The predicted molar refractivity (Wildman–Crippen MR) is 78.8 cm³/mol. The van der Waals surface area contributed by atoms with Crippen LogP contribution in [0.1, 0.15) is 32.8 Å². The van der Waals surface area contributed by atoms with E-state index in [1.165, 1.54) is 0 Å². The lowest BCUT2D eigenvalue weighted by molar-refractivity contribution is 0.315. The van der Waals surface area contributed by atoms with Crippen LogP contribution in [0.15, 0.2) is 23.2 Å². The molecule has 0 unspecified atom stereocenters. The van der Waals surface area contributed by atoms with Crippen LogP contribution in [0.5, 0.6) is 5.75 Å². The maximum Gasteiger partial charge on any atom is 0.264 e. The number of ether oxygens (including phenoxy) is 1. The van der Waals surface area contributed by atoms with Gasteiger partial charge in [0.05, 0.1) is 18.0 Å². The predicted octanol–water partition coefficient (Wildman–Crippen LogP) is 2.73. The minimum atomic E-state index is -3.91. The van der Waals surface area contributed by atoms with Crippen LogP contribution in [0.4, 0.5) is 5.69 Å². The lowest BCUT2D eigenvalue weighted by Gasteiger charge is -2.20. The highest BCUT2D eigenvalue weighted by Gasteiger charge is 2.32. The molecule has 0 bridgehead atoms. The second-order valence-corrected chi connectivity index (χ2v) is 7.06. The summed E-state index contributed by atoms with van der Waals surface area (Å²) in [7, 11) is -3.91. The smallest absolute Gasteiger partial charge is 0.264 e. The molecule has 20 heavy (non-hydrogen) atoms. The summed E-state index contributed by atoms with van der Waals surface area (Å²) in [4.78, 5) is 4.52. The van der Waals surface area contributed by atoms with E-state index in [0.29, 0.717) is 5.75 Å². The van der Waals surface area contributed by atoms with E-state index in [4.69, 9.17) is 9.29 Å². The van der Waals surface area contributed by atoms with Crippen molar-refractivity contribution in [3.05, 3.63) is 23.8 Å². The summed E-state index contributed by atoms with van der Waals surface area (Å²) in [6.45, 7) is 6.48. The Morgan fingerprint density at radius 3 is 2.70 bits per heavy atom. The second kappa shape index (κ2) is 5.18. The first-order chi connectivity index (χ1) is 9.20. The molecule has 5 nitrogen and oxygen atoms in total. The SMILES string of the molecule is CC1=Nc2ccc(OCCCS(=O)(=O)O)cc2C1(C)C. The Balaban J connectivity index is 2.02. The molecule has 1 aromatic rings. The Morgan fingerprint density at radius 1 is 1.35 bits per heavy atom. The molecule has 0 aliphatic carbocycles. The van der Waals surface area contributed by atoms with Gasteiger partial charge in [-0.05, 0) is 37.1 Å². The molecule has 6 heteroatoms. The summed E-state index contributed by atoms with van der Waals surface area (Å²) in [5.74, 6) is 0.406. The monoisotopic (exact) mass is 297 g/mol. The van der Waals surface area contributed by atoms with Crippen molar-refractivity contribution in [2.45, 2.75) is 32.6 Å². The van der Waals surface area contributed by atoms with Crippen LogP contribution < -0.4 is 4.74 Å². The average molecular weight is 297 g/mol. The normalized spacial score (nSPS) is 16.7. The molecule has 0 amide bonds. The molecule has 0 radical (unpaired) electrons. The molecule has 2 rings (SSSR count). The fourth-order valence-corrected chi connectivity index (χ4v) is 2.63. The highest BCUT2D eigenvalue weighted by atomic mass is 32.2. The van der Waals surface area contributed by atoms with Crippen molar-refractivity contribution in [3.8, 4) is 5.75 Å². The van der Waals surface area contributed by atoms with Gasteiger partial charge in [-0.2, -0.15) is 8.42 Å². The van der Waals surface area contributed by atoms with Crippen molar-refractivity contribution in [2.75, 3.05) is 12.4 Å². The molecule has 1 aliphatic heterocycles. The lowest BCUT2D eigenvalue weighted by atomic mass is 9.82. The number of hydrogen-bond donors (Lipinski definition) is 1. The van der Waals surface area contributed by atoms with Crippen LogP contribution >= 0.6 is 0 Å².